The van der Waals surface area contributed by atoms with Crippen molar-refractivity contribution in [2.75, 3.05) is 7.05 Å². The molecule has 0 saturated carbocycles. The normalized spacial score (nSPS) is 21.9. The molecule has 1 aliphatic heterocycles. The molecule has 0 spiro atoms. The quantitative estimate of drug-likeness (QED) is 0.443. The molecule has 1 heterocycles. The highest BCUT2D eigenvalue weighted by molar-refractivity contribution is 5.47. The van der Waals surface area contributed by atoms with E-state index in [0.29, 0.717) is 0 Å². The second-order valence-electron chi connectivity index (χ2n) is 2.79. The summed E-state index contributed by atoms with van der Waals surface area (Å²) in [7, 11) is 2.03. The number of nitrogens with zero attached hydrogens (tertiary/aromatic N) is 1. The van der Waals surface area contributed by atoms with Crippen molar-refractivity contribution in [3.8, 4) is 0 Å². The van der Waals surface area contributed by atoms with Gasteiger partial charge in [-0.3, -0.25) is 0 Å². The summed E-state index contributed by atoms with van der Waals surface area (Å²) in [5, 5.41) is 3.28. The van der Waals surface area contributed by atoms with Gasteiger partial charge in [-0.15, -0.1) is 0 Å². The van der Waals surface area contributed by atoms with E-state index < -0.39 is 0 Å². The molecule has 0 unspecified atom stereocenters. The summed E-state index contributed by atoms with van der Waals surface area (Å²) in [5.74, 6) is 0. The van der Waals surface area contributed by atoms with Crippen molar-refractivity contribution in [1.29, 1.82) is 0 Å². The molecule has 2 nitrogen and oxygen atoms in total. The SMILES string of the molecule is CC=[N+](C)C=C1CC=C(C)N1. The van der Waals surface area contributed by atoms with E-state index in [-0.39, 0.29) is 0 Å². The first-order chi connectivity index (χ1) is 5.22. The first-order valence-electron chi connectivity index (χ1n) is 3.88. The molecular weight excluding hydrogens is 136 g/mol. The number of hydrogen-bond donors (Lipinski definition) is 1. The largest absolute Gasteiger partial charge is 0.358 e. The smallest absolute Gasteiger partial charge is 0.187 e. The summed E-state index contributed by atoms with van der Waals surface area (Å²) in [6, 6.07) is 0. The molecule has 0 amide bonds. The fourth-order valence-electron chi connectivity index (χ4n) is 1.02. The van der Waals surface area contributed by atoms with Crippen LogP contribution in [0.5, 0.6) is 0 Å². The Kier molecular flexibility index (Phi) is 2.47. The number of nitrogens with one attached hydrogen (secondary N) is 1. The van der Waals surface area contributed by atoms with E-state index in [1.54, 1.807) is 0 Å². The maximum Gasteiger partial charge on any atom is 0.187 e. The molecule has 11 heavy (non-hydrogen) atoms. The van der Waals surface area contributed by atoms with Crippen LogP contribution in [0.15, 0.2) is 23.7 Å². The van der Waals surface area contributed by atoms with Crippen molar-refractivity contribution in [2.24, 2.45) is 0 Å². The predicted molar refractivity (Wildman–Crippen MR) is 47.5 cm³/mol. The molecule has 1 rings (SSSR count). The van der Waals surface area contributed by atoms with Gasteiger partial charge in [-0.05, 0) is 6.92 Å². The third kappa shape index (κ3) is 2.22. The Balaban J connectivity index is 2.59. The number of rotatable bonds is 1. The molecule has 0 bridgehead atoms. The van der Waals surface area contributed by atoms with Crippen molar-refractivity contribution in [3.63, 3.8) is 0 Å². The van der Waals surface area contributed by atoms with E-state index in [2.05, 4.69) is 29.1 Å². The van der Waals surface area contributed by atoms with Gasteiger partial charge in [-0.25, -0.2) is 4.58 Å². The lowest BCUT2D eigenvalue weighted by Gasteiger charge is -1.96. The minimum absolute atomic E-state index is 1.03. The van der Waals surface area contributed by atoms with Crippen molar-refractivity contribution in [2.45, 2.75) is 20.3 Å². The molecule has 1 aliphatic rings. The van der Waals surface area contributed by atoms with Crippen LogP contribution in [0.25, 0.3) is 0 Å². The summed E-state index contributed by atoms with van der Waals surface area (Å²) < 4.78 is 2.05. The monoisotopic (exact) mass is 151 g/mol. The van der Waals surface area contributed by atoms with Gasteiger partial charge in [-0.1, -0.05) is 6.08 Å². The van der Waals surface area contributed by atoms with Crippen molar-refractivity contribution in [3.05, 3.63) is 23.7 Å². The van der Waals surface area contributed by atoms with E-state index in [0.717, 1.165) is 6.42 Å². The fourth-order valence-corrected chi connectivity index (χ4v) is 1.02. The third-order valence-corrected chi connectivity index (χ3v) is 1.75. The Morgan fingerprint density at radius 2 is 2.36 bits per heavy atom. The summed E-state index contributed by atoms with van der Waals surface area (Å²) >= 11 is 0. The minimum atomic E-state index is 1.03. The van der Waals surface area contributed by atoms with Crippen LogP contribution >= 0.6 is 0 Å². The Morgan fingerprint density at radius 3 is 2.82 bits per heavy atom. The Morgan fingerprint density at radius 1 is 1.64 bits per heavy atom. The van der Waals surface area contributed by atoms with Gasteiger partial charge in [0.25, 0.3) is 0 Å². The molecule has 1 N–H and O–H groups in total. The van der Waals surface area contributed by atoms with Gasteiger partial charge < -0.3 is 5.32 Å². The Labute approximate surface area is 67.9 Å². The van der Waals surface area contributed by atoms with Gasteiger partial charge in [0.15, 0.2) is 6.20 Å². The molecule has 0 aromatic carbocycles. The lowest BCUT2D eigenvalue weighted by molar-refractivity contribution is -0.418. The summed E-state index contributed by atoms with van der Waals surface area (Å²) in [6.07, 6.45) is 7.36. The second kappa shape index (κ2) is 3.37. The first-order valence-corrected chi connectivity index (χ1v) is 3.88. The maximum atomic E-state index is 3.28. The first kappa shape index (κ1) is 8.05. The molecule has 0 saturated heterocycles. The van der Waals surface area contributed by atoms with E-state index in [9.17, 15) is 0 Å². The van der Waals surface area contributed by atoms with Gasteiger partial charge >= 0.3 is 0 Å². The van der Waals surface area contributed by atoms with Gasteiger partial charge in [-0.2, -0.15) is 0 Å². The van der Waals surface area contributed by atoms with Crippen LogP contribution in [0.3, 0.4) is 0 Å². The molecule has 0 aliphatic carbocycles. The van der Waals surface area contributed by atoms with E-state index in [1.165, 1.54) is 11.4 Å². The van der Waals surface area contributed by atoms with E-state index in [4.69, 9.17) is 0 Å². The zero-order chi connectivity index (χ0) is 8.27. The fraction of sp³-hybridized carbons (Fsp3) is 0.444. The lowest BCUT2D eigenvalue weighted by atomic mass is 10.4. The standard InChI is InChI=1S/C9H15N2/c1-4-11(3)7-9-6-5-8(2)10-9/h4-5,7,10H,6H2,1-3H3/q+1. The van der Waals surface area contributed by atoms with Crippen LogP contribution in [0, 0.1) is 0 Å². The zero-order valence-electron chi connectivity index (χ0n) is 7.39. The second-order valence-corrected chi connectivity index (χ2v) is 2.79. The predicted octanol–water partition coefficient (Wildman–Crippen LogP) is 1.46. The number of allylic oxidation sites excluding steroid dienone is 2. The van der Waals surface area contributed by atoms with Crippen LogP contribution < -0.4 is 5.32 Å². The molecule has 2 heteroatoms. The van der Waals surface area contributed by atoms with Crippen molar-refractivity contribution < 1.29 is 4.58 Å². The number of hydrogen-bond acceptors (Lipinski definition) is 1. The minimum Gasteiger partial charge on any atom is -0.358 e. The Hall–Kier alpha value is -1.05. The van der Waals surface area contributed by atoms with Crippen LogP contribution in [-0.2, 0) is 0 Å². The highest BCUT2D eigenvalue weighted by atomic mass is 15.0. The molecule has 0 aromatic rings. The van der Waals surface area contributed by atoms with Gasteiger partial charge in [0.1, 0.15) is 13.3 Å². The van der Waals surface area contributed by atoms with E-state index in [1.807, 2.05) is 20.2 Å². The van der Waals surface area contributed by atoms with Crippen LogP contribution in [-0.4, -0.2) is 17.8 Å². The average molecular weight is 151 g/mol. The molecule has 0 fully saturated rings. The van der Waals surface area contributed by atoms with Gasteiger partial charge in [0.2, 0.25) is 0 Å². The van der Waals surface area contributed by atoms with Crippen LogP contribution in [0.1, 0.15) is 20.3 Å². The van der Waals surface area contributed by atoms with E-state index >= 15 is 0 Å². The van der Waals surface area contributed by atoms with Gasteiger partial charge in [0, 0.05) is 19.0 Å². The topological polar surface area (TPSA) is 15.0 Å². The highest BCUT2D eigenvalue weighted by Crippen LogP contribution is 2.10. The van der Waals surface area contributed by atoms with Gasteiger partial charge in [0.05, 0.1) is 5.70 Å². The summed E-state index contributed by atoms with van der Waals surface area (Å²) in [5.41, 5.74) is 2.52. The average Bonchev–Trinajstić information content (AvgIpc) is 2.35. The van der Waals surface area contributed by atoms with Crippen LogP contribution in [0.2, 0.25) is 0 Å². The molecular formula is C9H15N2+. The molecule has 0 radical (unpaired) electrons. The summed E-state index contributed by atoms with van der Waals surface area (Å²) in [6.45, 7) is 4.10. The maximum absolute atomic E-state index is 3.28. The van der Waals surface area contributed by atoms with Crippen LogP contribution in [0.4, 0.5) is 0 Å². The van der Waals surface area contributed by atoms with Crippen molar-refractivity contribution >= 4 is 6.21 Å². The molecule has 0 aromatic heterocycles. The summed E-state index contributed by atoms with van der Waals surface area (Å²) in [4.78, 5) is 0. The molecule has 0 atom stereocenters. The van der Waals surface area contributed by atoms with Crippen molar-refractivity contribution in [1.82, 2.24) is 5.32 Å². The lowest BCUT2D eigenvalue weighted by Crippen LogP contribution is -2.07. The highest BCUT2D eigenvalue weighted by Gasteiger charge is 2.06. The molecule has 60 valence electrons. The zero-order valence-corrected chi connectivity index (χ0v) is 7.39. The third-order valence-electron chi connectivity index (χ3n) is 1.75. The Bertz CT molecular complexity index is 234.